The lowest BCUT2D eigenvalue weighted by Crippen LogP contribution is -2.64. The van der Waals surface area contributed by atoms with Gasteiger partial charge >= 0.3 is 6.03 Å². The molecule has 4 nitrogen and oxygen atoms in total. The zero-order chi connectivity index (χ0) is 11.1. The van der Waals surface area contributed by atoms with Crippen molar-refractivity contribution < 1.29 is 9.90 Å². The van der Waals surface area contributed by atoms with Crippen molar-refractivity contribution in [2.24, 2.45) is 5.92 Å². The van der Waals surface area contributed by atoms with Gasteiger partial charge in [0.2, 0.25) is 0 Å². The third-order valence-electron chi connectivity index (χ3n) is 3.26. The summed E-state index contributed by atoms with van der Waals surface area (Å²) < 4.78 is 0. The maximum Gasteiger partial charge on any atom is 0.320 e. The van der Waals surface area contributed by atoms with Gasteiger partial charge in [0, 0.05) is 13.1 Å². The number of aliphatic hydroxyl groups is 1. The summed E-state index contributed by atoms with van der Waals surface area (Å²) in [5.41, 5.74) is -0.656. The summed E-state index contributed by atoms with van der Waals surface area (Å²) >= 11 is 0. The number of amides is 2. The van der Waals surface area contributed by atoms with E-state index in [0.29, 0.717) is 19.0 Å². The van der Waals surface area contributed by atoms with Gasteiger partial charge in [-0.15, -0.1) is 0 Å². The minimum absolute atomic E-state index is 0.105. The SMILES string of the molecule is CC1CCCN(C(=O)N2CC(C)(O)C2)C1. The van der Waals surface area contributed by atoms with E-state index in [1.54, 1.807) is 11.8 Å². The van der Waals surface area contributed by atoms with Crippen molar-refractivity contribution in [3.8, 4) is 0 Å². The number of piperidine rings is 1. The van der Waals surface area contributed by atoms with Crippen LogP contribution in [0.1, 0.15) is 26.7 Å². The molecule has 2 rings (SSSR count). The average Bonchev–Trinajstić information content (AvgIpc) is 2.13. The second-order valence-electron chi connectivity index (χ2n) is 5.33. The Kier molecular flexibility index (Phi) is 2.63. The van der Waals surface area contributed by atoms with E-state index in [2.05, 4.69) is 6.92 Å². The predicted molar refractivity (Wildman–Crippen MR) is 57.6 cm³/mol. The minimum atomic E-state index is -0.656. The lowest BCUT2D eigenvalue weighted by Gasteiger charge is -2.47. The Balaban J connectivity index is 1.86. The van der Waals surface area contributed by atoms with Crippen LogP contribution in [-0.4, -0.2) is 52.7 Å². The van der Waals surface area contributed by atoms with Gasteiger partial charge in [-0.2, -0.15) is 0 Å². The highest BCUT2D eigenvalue weighted by Crippen LogP contribution is 2.23. The predicted octanol–water partition coefficient (Wildman–Crippen LogP) is 0.905. The maximum atomic E-state index is 12.0. The molecular formula is C11H20N2O2. The van der Waals surface area contributed by atoms with Crippen molar-refractivity contribution in [1.82, 2.24) is 9.80 Å². The van der Waals surface area contributed by atoms with E-state index in [1.807, 2.05) is 4.90 Å². The van der Waals surface area contributed by atoms with Crippen molar-refractivity contribution in [1.29, 1.82) is 0 Å². The molecule has 2 aliphatic heterocycles. The van der Waals surface area contributed by atoms with E-state index in [0.717, 1.165) is 19.5 Å². The molecule has 0 bridgehead atoms. The summed E-state index contributed by atoms with van der Waals surface area (Å²) in [5, 5.41) is 9.57. The number of carbonyl (C=O) groups excluding carboxylic acids is 1. The van der Waals surface area contributed by atoms with Crippen LogP contribution < -0.4 is 0 Å². The molecule has 1 atom stereocenters. The van der Waals surface area contributed by atoms with Crippen LogP contribution in [0.2, 0.25) is 0 Å². The van der Waals surface area contributed by atoms with Crippen LogP contribution in [-0.2, 0) is 0 Å². The van der Waals surface area contributed by atoms with E-state index < -0.39 is 5.60 Å². The summed E-state index contributed by atoms with van der Waals surface area (Å²) in [6, 6.07) is 0.105. The quantitative estimate of drug-likeness (QED) is 0.648. The highest BCUT2D eigenvalue weighted by molar-refractivity contribution is 5.75. The van der Waals surface area contributed by atoms with Gasteiger partial charge in [-0.3, -0.25) is 0 Å². The van der Waals surface area contributed by atoms with Crippen LogP contribution >= 0.6 is 0 Å². The topological polar surface area (TPSA) is 43.8 Å². The van der Waals surface area contributed by atoms with Gasteiger partial charge in [0.15, 0.2) is 0 Å². The number of rotatable bonds is 0. The van der Waals surface area contributed by atoms with E-state index in [1.165, 1.54) is 6.42 Å². The molecule has 0 aromatic carbocycles. The van der Waals surface area contributed by atoms with Crippen LogP contribution in [0.4, 0.5) is 4.79 Å². The second-order valence-corrected chi connectivity index (χ2v) is 5.33. The zero-order valence-electron chi connectivity index (χ0n) is 9.57. The summed E-state index contributed by atoms with van der Waals surface area (Å²) in [6.07, 6.45) is 2.33. The summed E-state index contributed by atoms with van der Waals surface area (Å²) in [5.74, 6) is 0.615. The highest BCUT2D eigenvalue weighted by Gasteiger charge is 2.41. The fraction of sp³-hybridized carbons (Fsp3) is 0.909. The van der Waals surface area contributed by atoms with E-state index >= 15 is 0 Å². The molecule has 0 aliphatic carbocycles. The third kappa shape index (κ3) is 2.25. The molecule has 2 saturated heterocycles. The van der Waals surface area contributed by atoms with Gasteiger partial charge in [-0.05, 0) is 25.7 Å². The van der Waals surface area contributed by atoms with Crippen molar-refractivity contribution in [2.45, 2.75) is 32.3 Å². The maximum absolute atomic E-state index is 12.0. The van der Waals surface area contributed by atoms with E-state index in [-0.39, 0.29) is 6.03 Å². The fourth-order valence-corrected chi connectivity index (χ4v) is 2.47. The molecule has 0 radical (unpaired) electrons. The van der Waals surface area contributed by atoms with Crippen LogP contribution in [0.25, 0.3) is 0 Å². The number of likely N-dealkylation sites (tertiary alicyclic amines) is 2. The number of urea groups is 1. The second kappa shape index (κ2) is 3.67. The Morgan fingerprint density at radius 3 is 2.60 bits per heavy atom. The third-order valence-corrected chi connectivity index (χ3v) is 3.26. The van der Waals surface area contributed by atoms with Gasteiger partial charge < -0.3 is 14.9 Å². The molecule has 0 spiro atoms. The zero-order valence-corrected chi connectivity index (χ0v) is 9.57. The van der Waals surface area contributed by atoms with Gasteiger partial charge in [-0.25, -0.2) is 4.79 Å². The van der Waals surface area contributed by atoms with Gasteiger partial charge in [-0.1, -0.05) is 6.92 Å². The van der Waals surface area contributed by atoms with E-state index in [9.17, 15) is 9.90 Å². The van der Waals surface area contributed by atoms with Gasteiger partial charge in [0.1, 0.15) is 0 Å². The summed E-state index contributed by atoms with van der Waals surface area (Å²) in [7, 11) is 0. The fourth-order valence-electron chi connectivity index (χ4n) is 2.47. The Hall–Kier alpha value is -0.770. The monoisotopic (exact) mass is 212 g/mol. The molecule has 0 aromatic rings. The van der Waals surface area contributed by atoms with Crippen molar-refractivity contribution >= 4 is 6.03 Å². The molecule has 0 saturated carbocycles. The molecule has 1 N–H and O–H groups in total. The number of carbonyl (C=O) groups is 1. The molecule has 86 valence electrons. The van der Waals surface area contributed by atoms with Crippen molar-refractivity contribution in [3.63, 3.8) is 0 Å². The summed E-state index contributed by atoms with van der Waals surface area (Å²) in [6.45, 7) is 6.67. The molecule has 2 fully saturated rings. The first-order valence-electron chi connectivity index (χ1n) is 5.74. The number of hydrogen-bond donors (Lipinski definition) is 1. The lowest BCUT2D eigenvalue weighted by molar-refractivity contribution is -0.0678. The molecule has 2 amide bonds. The van der Waals surface area contributed by atoms with E-state index in [4.69, 9.17) is 0 Å². The Bertz CT molecular complexity index is 257. The van der Waals surface area contributed by atoms with Crippen LogP contribution in [0.15, 0.2) is 0 Å². The first-order chi connectivity index (χ1) is 6.98. The molecule has 4 heteroatoms. The summed E-state index contributed by atoms with van der Waals surface area (Å²) in [4.78, 5) is 15.6. The van der Waals surface area contributed by atoms with Gasteiger partial charge in [0.05, 0.1) is 18.7 Å². The normalized spacial score (nSPS) is 29.9. The number of nitrogens with zero attached hydrogens (tertiary/aromatic N) is 2. The smallest absolute Gasteiger partial charge is 0.320 e. The first-order valence-corrected chi connectivity index (χ1v) is 5.74. The molecular weight excluding hydrogens is 192 g/mol. The first kappa shape index (κ1) is 10.7. The lowest BCUT2D eigenvalue weighted by atomic mass is 9.96. The Labute approximate surface area is 90.9 Å². The molecule has 1 unspecified atom stereocenters. The van der Waals surface area contributed by atoms with Crippen LogP contribution in [0, 0.1) is 5.92 Å². The van der Waals surface area contributed by atoms with Crippen molar-refractivity contribution in [3.05, 3.63) is 0 Å². The largest absolute Gasteiger partial charge is 0.386 e. The van der Waals surface area contributed by atoms with Gasteiger partial charge in [0.25, 0.3) is 0 Å². The standard InChI is InChI=1S/C11H20N2O2/c1-9-4-3-5-12(6-9)10(14)13-7-11(2,15)8-13/h9,15H,3-8H2,1-2H3. The Morgan fingerprint density at radius 1 is 1.40 bits per heavy atom. The minimum Gasteiger partial charge on any atom is -0.386 e. The Morgan fingerprint density at radius 2 is 2.07 bits per heavy atom. The van der Waals surface area contributed by atoms with Crippen molar-refractivity contribution in [2.75, 3.05) is 26.2 Å². The van der Waals surface area contributed by atoms with Crippen LogP contribution in [0.3, 0.4) is 0 Å². The number of β-amino-alcohol motifs (C(OH)–C–C–N with tert-alkyl or cyclic N) is 1. The molecule has 0 aromatic heterocycles. The molecule has 15 heavy (non-hydrogen) atoms. The average molecular weight is 212 g/mol. The highest BCUT2D eigenvalue weighted by atomic mass is 16.3. The number of hydrogen-bond acceptors (Lipinski definition) is 2. The van der Waals surface area contributed by atoms with Crippen LogP contribution in [0.5, 0.6) is 0 Å². The molecule has 2 aliphatic rings. The molecule has 2 heterocycles.